The number of amides is 1. The normalized spacial score (nSPS) is 15.3. The average molecular weight is 329 g/mol. The van der Waals surface area contributed by atoms with Crippen molar-refractivity contribution in [1.82, 2.24) is 4.90 Å². The van der Waals surface area contributed by atoms with E-state index in [1.165, 1.54) is 0 Å². The second-order valence-corrected chi connectivity index (χ2v) is 5.23. The molecule has 6 heteroatoms. The van der Waals surface area contributed by atoms with Gasteiger partial charge in [-0.1, -0.05) is 0 Å². The summed E-state index contributed by atoms with van der Waals surface area (Å²) in [5.41, 5.74) is 6.16. The smallest absolute Gasteiger partial charge is 0.253 e. The fourth-order valence-electron chi connectivity index (χ4n) is 2.48. The molecule has 0 bridgehead atoms. The third kappa shape index (κ3) is 5.16. The molecule has 1 aromatic rings. The predicted molar refractivity (Wildman–Crippen MR) is 88.8 cm³/mol. The lowest BCUT2D eigenvalue weighted by molar-refractivity contribution is 0.00845. The molecular weight excluding hydrogens is 304 g/mol. The molecule has 2 rings (SSSR count). The van der Waals surface area contributed by atoms with Crippen LogP contribution in [-0.4, -0.2) is 50.3 Å². The van der Waals surface area contributed by atoms with Gasteiger partial charge in [-0.2, -0.15) is 0 Å². The van der Waals surface area contributed by atoms with E-state index in [1.54, 1.807) is 7.11 Å². The monoisotopic (exact) mass is 328 g/mol. The Balaban J connectivity index is 0.00000242. The molecule has 1 saturated heterocycles. The van der Waals surface area contributed by atoms with Gasteiger partial charge in [0, 0.05) is 25.3 Å². The van der Waals surface area contributed by atoms with E-state index in [-0.39, 0.29) is 24.4 Å². The lowest BCUT2D eigenvalue weighted by Gasteiger charge is -2.32. The third-order valence-corrected chi connectivity index (χ3v) is 3.77. The zero-order valence-electron chi connectivity index (χ0n) is 13.0. The Morgan fingerprint density at radius 3 is 2.45 bits per heavy atom. The zero-order chi connectivity index (χ0) is 15.1. The molecule has 0 aromatic heterocycles. The number of benzene rings is 1. The Bertz CT molecular complexity index is 445. The van der Waals surface area contributed by atoms with Crippen LogP contribution in [0.15, 0.2) is 24.3 Å². The molecule has 1 amide bonds. The molecule has 0 atom stereocenters. The Morgan fingerprint density at radius 2 is 1.91 bits per heavy atom. The van der Waals surface area contributed by atoms with Crippen LogP contribution in [0.1, 0.15) is 29.6 Å². The average Bonchev–Trinajstić information content (AvgIpc) is 2.55. The number of carbonyl (C=O) groups is 1. The van der Waals surface area contributed by atoms with Gasteiger partial charge in [0.2, 0.25) is 0 Å². The number of hydrogen-bond acceptors (Lipinski definition) is 4. The fraction of sp³-hybridized carbons (Fsp3) is 0.562. The fourth-order valence-corrected chi connectivity index (χ4v) is 2.48. The predicted octanol–water partition coefficient (Wildman–Crippen LogP) is 2.09. The number of nitrogens with two attached hydrogens (primary N) is 1. The molecule has 2 N–H and O–H groups in total. The molecule has 0 aliphatic carbocycles. The minimum absolute atomic E-state index is 0. The molecule has 0 radical (unpaired) electrons. The topological polar surface area (TPSA) is 64.8 Å². The molecule has 1 heterocycles. The van der Waals surface area contributed by atoms with Crippen LogP contribution in [0.3, 0.4) is 0 Å². The summed E-state index contributed by atoms with van der Waals surface area (Å²) in [6, 6.07) is 7.25. The van der Waals surface area contributed by atoms with Crippen molar-refractivity contribution in [3.63, 3.8) is 0 Å². The molecule has 5 nitrogen and oxygen atoms in total. The van der Waals surface area contributed by atoms with E-state index in [0.717, 1.165) is 38.1 Å². The van der Waals surface area contributed by atoms with Gasteiger partial charge >= 0.3 is 0 Å². The van der Waals surface area contributed by atoms with Crippen molar-refractivity contribution in [2.45, 2.75) is 25.4 Å². The van der Waals surface area contributed by atoms with E-state index in [0.29, 0.717) is 18.7 Å². The van der Waals surface area contributed by atoms with Crippen LogP contribution < -0.4 is 10.5 Å². The number of likely N-dealkylation sites (tertiary alicyclic amines) is 1. The Labute approximate surface area is 138 Å². The molecule has 1 aliphatic rings. The number of hydrogen-bond donors (Lipinski definition) is 1. The molecular formula is C16H25ClN2O3. The Hall–Kier alpha value is -1.30. The van der Waals surface area contributed by atoms with Gasteiger partial charge < -0.3 is 20.1 Å². The van der Waals surface area contributed by atoms with Crippen molar-refractivity contribution in [1.29, 1.82) is 0 Å². The summed E-state index contributed by atoms with van der Waals surface area (Å²) in [4.78, 5) is 14.3. The molecule has 124 valence electrons. The minimum atomic E-state index is 0. The van der Waals surface area contributed by atoms with Gasteiger partial charge in [0.25, 0.3) is 5.91 Å². The Kier molecular flexibility index (Phi) is 8.24. The van der Waals surface area contributed by atoms with Crippen molar-refractivity contribution >= 4 is 18.3 Å². The molecule has 1 aromatic carbocycles. The molecule has 1 aliphatic heterocycles. The number of halogens is 1. The van der Waals surface area contributed by atoms with Gasteiger partial charge in [0.1, 0.15) is 5.75 Å². The summed E-state index contributed by atoms with van der Waals surface area (Å²) < 4.78 is 10.9. The van der Waals surface area contributed by atoms with Crippen LogP contribution >= 0.6 is 12.4 Å². The van der Waals surface area contributed by atoms with E-state index >= 15 is 0 Å². The van der Waals surface area contributed by atoms with E-state index in [2.05, 4.69) is 0 Å². The Morgan fingerprint density at radius 1 is 1.27 bits per heavy atom. The van der Waals surface area contributed by atoms with Crippen LogP contribution in [0.4, 0.5) is 0 Å². The van der Waals surface area contributed by atoms with Crippen LogP contribution in [0, 0.1) is 0 Å². The molecule has 0 spiro atoms. The summed E-state index contributed by atoms with van der Waals surface area (Å²) in [7, 11) is 1.62. The van der Waals surface area contributed by atoms with Gasteiger partial charge in [-0.15, -0.1) is 12.4 Å². The SMILES string of the molecule is COc1ccc(C(=O)N2CCC(OCCCN)CC2)cc1.Cl. The quantitative estimate of drug-likeness (QED) is 0.812. The van der Waals surface area contributed by atoms with Crippen molar-refractivity contribution in [2.24, 2.45) is 5.73 Å². The van der Waals surface area contributed by atoms with Crippen molar-refractivity contribution in [3.8, 4) is 5.75 Å². The van der Waals surface area contributed by atoms with E-state index in [4.69, 9.17) is 15.2 Å². The highest BCUT2D eigenvalue weighted by Gasteiger charge is 2.23. The number of rotatable bonds is 6. The first-order valence-corrected chi connectivity index (χ1v) is 7.49. The standard InChI is InChI=1S/C16H24N2O3.ClH/c1-20-14-5-3-13(4-6-14)16(19)18-10-7-15(8-11-18)21-12-2-9-17;/h3-6,15H,2,7-12,17H2,1H3;1H. The highest BCUT2D eigenvalue weighted by atomic mass is 35.5. The van der Waals surface area contributed by atoms with Crippen LogP contribution in [-0.2, 0) is 4.74 Å². The first-order chi connectivity index (χ1) is 10.2. The van der Waals surface area contributed by atoms with Crippen molar-refractivity contribution in [3.05, 3.63) is 29.8 Å². The summed E-state index contributed by atoms with van der Waals surface area (Å²) in [6.07, 6.45) is 2.95. The van der Waals surface area contributed by atoms with Gasteiger partial charge in [-0.25, -0.2) is 0 Å². The summed E-state index contributed by atoms with van der Waals surface area (Å²) in [5.74, 6) is 0.844. The number of methoxy groups -OCH3 is 1. The minimum Gasteiger partial charge on any atom is -0.497 e. The number of ether oxygens (including phenoxy) is 2. The first kappa shape index (κ1) is 18.7. The number of carbonyl (C=O) groups excluding carboxylic acids is 1. The largest absolute Gasteiger partial charge is 0.497 e. The summed E-state index contributed by atoms with van der Waals surface area (Å²) in [6.45, 7) is 2.87. The van der Waals surface area contributed by atoms with E-state index in [9.17, 15) is 4.79 Å². The van der Waals surface area contributed by atoms with Crippen LogP contribution in [0.2, 0.25) is 0 Å². The second kappa shape index (κ2) is 9.66. The molecule has 1 fully saturated rings. The lowest BCUT2D eigenvalue weighted by Crippen LogP contribution is -2.41. The molecule has 0 saturated carbocycles. The zero-order valence-corrected chi connectivity index (χ0v) is 13.8. The maximum atomic E-state index is 12.4. The van der Waals surface area contributed by atoms with E-state index < -0.39 is 0 Å². The maximum absolute atomic E-state index is 12.4. The second-order valence-electron chi connectivity index (χ2n) is 5.23. The van der Waals surface area contributed by atoms with Crippen molar-refractivity contribution in [2.75, 3.05) is 33.4 Å². The van der Waals surface area contributed by atoms with Crippen LogP contribution in [0.25, 0.3) is 0 Å². The first-order valence-electron chi connectivity index (χ1n) is 7.49. The summed E-state index contributed by atoms with van der Waals surface area (Å²) >= 11 is 0. The van der Waals surface area contributed by atoms with Gasteiger partial charge in [-0.05, 0) is 50.1 Å². The third-order valence-electron chi connectivity index (χ3n) is 3.77. The maximum Gasteiger partial charge on any atom is 0.253 e. The number of nitrogens with zero attached hydrogens (tertiary/aromatic N) is 1. The van der Waals surface area contributed by atoms with Crippen LogP contribution in [0.5, 0.6) is 5.75 Å². The van der Waals surface area contributed by atoms with Crippen molar-refractivity contribution < 1.29 is 14.3 Å². The van der Waals surface area contributed by atoms with Gasteiger partial charge in [-0.3, -0.25) is 4.79 Å². The summed E-state index contributed by atoms with van der Waals surface area (Å²) in [5, 5.41) is 0. The highest BCUT2D eigenvalue weighted by Crippen LogP contribution is 2.18. The van der Waals surface area contributed by atoms with Gasteiger partial charge in [0.15, 0.2) is 0 Å². The van der Waals surface area contributed by atoms with Gasteiger partial charge in [0.05, 0.1) is 13.2 Å². The number of piperidine rings is 1. The van der Waals surface area contributed by atoms with E-state index in [1.807, 2.05) is 29.2 Å². The molecule has 22 heavy (non-hydrogen) atoms. The molecule has 0 unspecified atom stereocenters. The highest BCUT2D eigenvalue weighted by molar-refractivity contribution is 5.94. The lowest BCUT2D eigenvalue weighted by atomic mass is 10.1.